The van der Waals surface area contributed by atoms with E-state index in [-0.39, 0.29) is 11.2 Å². The van der Waals surface area contributed by atoms with Gasteiger partial charge in [0.05, 0.1) is 5.69 Å². The molecule has 0 unspecified atom stereocenters. The number of rotatable bonds is 2. The molecule has 0 saturated heterocycles. The van der Waals surface area contributed by atoms with Crippen LogP contribution in [0, 0.1) is 18.6 Å². The largest absolute Gasteiger partial charge is 0.290 e. The molecule has 0 spiro atoms. The lowest BCUT2D eigenvalue weighted by atomic mass is 10.1. The van der Waals surface area contributed by atoms with E-state index >= 15 is 0 Å². The molecule has 0 saturated carbocycles. The molecule has 0 aliphatic carbocycles. The van der Waals surface area contributed by atoms with Gasteiger partial charge in [0.25, 0.3) is 5.56 Å². The van der Waals surface area contributed by atoms with Gasteiger partial charge in [-0.1, -0.05) is 30.3 Å². The van der Waals surface area contributed by atoms with Crippen molar-refractivity contribution in [2.45, 2.75) is 6.92 Å². The van der Waals surface area contributed by atoms with Crippen LogP contribution in [0.5, 0.6) is 0 Å². The summed E-state index contributed by atoms with van der Waals surface area (Å²) >= 11 is 0. The van der Waals surface area contributed by atoms with E-state index in [0.29, 0.717) is 11.3 Å². The molecule has 0 atom stereocenters. The molecule has 3 rings (SSSR count). The van der Waals surface area contributed by atoms with E-state index < -0.39 is 11.6 Å². The molecule has 21 heavy (non-hydrogen) atoms. The first-order valence-electron chi connectivity index (χ1n) is 6.40. The zero-order valence-electron chi connectivity index (χ0n) is 11.2. The van der Waals surface area contributed by atoms with E-state index in [9.17, 15) is 13.6 Å². The van der Waals surface area contributed by atoms with Crippen LogP contribution in [0.3, 0.4) is 0 Å². The summed E-state index contributed by atoms with van der Waals surface area (Å²) < 4.78 is 27.9. The van der Waals surface area contributed by atoms with Gasteiger partial charge >= 0.3 is 0 Å². The molecule has 0 bridgehead atoms. The predicted octanol–water partition coefficient (Wildman–Crippen LogP) is 3.42. The van der Waals surface area contributed by atoms with Gasteiger partial charge < -0.3 is 0 Å². The van der Waals surface area contributed by atoms with Crippen LogP contribution in [-0.4, -0.2) is 9.78 Å². The fourth-order valence-electron chi connectivity index (χ4n) is 2.24. The molecule has 1 heterocycles. The van der Waals surface area contributed by atoms with Crippen LogP contribution in [0.4, 0.5) is 8.78 Å². The van der Waals surface area contributed by atoms with Gasteiger partial charge in [-0.2, -0.15) is 0 Å². The van der Waals surface area contributed by atoms with E-state index in [1.165, 1.54) is 6.07 Å². The first-order chi connectivity index (χ1) is 10.1. The predicted molar refractivity (Wildman–Crippen MR) is 76.5 cm³/mol. The van der Waals surface area contributed by atoms with Crippen molar-refractivity contribution in [2.75, 3.05) is 0 Å². The van der Waals surface area contributed by atoms with Crippen LogP contribution in [-0.2, 0) is 0 Å². The molecule has 5 heteroatoms. The quantitative estimate of drug-likeness (QED) is 0.770. The molecule has 106 valence electrons. The minimum Gasteiger partial charge on any atom is -0.290 e. The zero-order chi connectivity index (χ0) is 15.0. The van der Waals surface area contributed by atoms with Crippen molar-refractivity contribution >= 4 is 0 Å². The van der Waals surface area contributed by atoms with Gasteiger partial charge in [0.2, 0.25) is 0 Å². The van der Waals surface area contributed by atoms with Crippen LogP contribution in [0.25, 0.3) is 16.9 Å². The normalized spacial score (nSPS) is 10.8. The number of halogens is 2. The smallest absolute Gasteiger partial charge is 0.274 e. The van der Waals surface area contributed by atoms with E-state index in [1.807, 2.05) is 30.3 Å². The number of aromatic amines is 1. The fourth-order valence-corrected chi connectivity index (χ4v) is 2.24. The second kappa shape index (κ2) is 5.01. The Morgan fingerprint density at radius 1 is 1.05 bits per heavy atom. The summed E-state index contributed by atoms with van der Waals surface area (Å²) in [6.07, 6.45) is 0. The molecule has 0 aliphatic rings. The summed E-state index contributed by atoms with van der Waals surface area (Å²) in [6.45, 7) is 1.67. The Morgan fingerprint density at radius 2 is 1.76 bits per heavy atom. The number of benzene rings is 2. The number of nitrogens with zero attached hydrogens (tertiary/aromatic N) is 1. The van der Waals surface area contributed by atoms with Gasteiger partial charge in [0.15, 0.2) is 5.82 Å². The maximum Gasteiger partial charge on any atom is 0.274 e. The summed E-state index contributed by atoms with van der Waals surface area (Å²) in [5.74, 6) is -1.48. The van der Waals surface area contributed by atoms with Crippen LogP contribution in [0.1, 0.15) is 5.56 Å². The number of nitrogens with one attached hydrogen (secondary N) is 1. The summed E-state index contributed by atoms with van der Waals surface area (Å²) in [5.41, 5.74) is 1.55. The highest BCUT2D eigenvalue weighted by Crippen LogP contribution is 2.20. The molecular weight excluding hydrogens is 274 g/mol. The van der Waals surface area contributed by atoms with Gasteiger partial charge in [0, 0.05) is 11.6 Å². The third-order valence-electron chi connectivity index (χ3n) is 3.34. The molecular formula is C16H12F2N2O. The van der Waals surface area contributed by atoms with Crippen molar-refractivity contribution in [2.24, 2.45) is 0 Å². The van der Waals surface area contributed by atoms with Crippen molar-refractivity contribution in [3.63, 3.8) is 0 Å². The Balaban J connectivity index is 2.20. The summed E-state index contributed by atoms with van der Waals surface area (Å²) in [4.78, 5) is 12.3. The van der Waals surface area contributed by atoms with Crippen molar-refractivity contribution in [3.8, 4) is 16.9 Å². The number of H-pyrrole nitrogens is 1. The van der Waals surface area contributed by atoms with Crippen LogP contribution in [0.2, 0.25) is 0 Å². The highest BCUT2D eigenvalue weighted by molar-refractivity contribution is 5.62. The molecule has 0 fully saturated rings. The van der Waals surface area contributed by atoms with E-state index in [0.717, 1.165) is 22.4 Å². The Morgan fingerprint density at radius 3 is 2.43 bits per heavy atom. The molecule has 1 N–H and O–H groups in total. The van der Waals surface area contributed by atoms with Crippen molar-refractivity contribution in [1.29, 1.82) is 0 Å². The van der Waals surface area contributed by atoms with Gasteiger partial charge in [-0.25, -0.2) is 13.5 Å². The van der Waals surface area contributed by atoms with Crippen molar-refractivity contribution in [1.82, 2.24) is 9.78 Å². The number of hydrogen-bond acceptors (Lipinski definition) is 1. The van der Waals surface area contributed by atoms with E-state index in [2.05, 4.69) is 5.10 Å². The maximum absolute atomic E-state index is 13.8. The first kappa shape index (κ1) is 13.3. The Kier molecular flexibility index (Phi) is 3.17. The highest BCUT2D eigenvalue weighted by atomic mass is 19.1. The zero-order valence-corrected chi connectivity index (χ0v) is 11.2. The van der Waals surface area contributed by atoms with E-state index in [1.54, 1.807) is 6.92 Å². The van der Waals surface area contributed by atoms with Gasteiger partial charge in [0.1, 0.15) is 11.5 Å². The third kappa shape index (κ3) is 2.27. The molecule has 0 radical (unpaired) electrons. The van der Waals surface area contributed by atoms with E-state index in [4.69, 9.17) is 0 Å². The lowest BCUT2D eigenvalue weighted by Gasteiger charge is -2.04. The molecule has 0 amide bonds. The van der Waals surface area contributed by atoms with Gasteiger partial charge in [-0.3, -0.25) is 9.89 Å². The molecule has 2 aromatic carbocycles. The third-order valence-corrected chi connectivity index (χ3v) is 3.34. The molecule has 3 aromatic rings. The van der Waals surface area contributed by atoms with Crippen LogP contribution in [0.15, 0.2) is 53.3 Å². The topological polar surface area (TPSA) is 37.8 Å². The van der Waals surface area contributed by atoms with Crippen molar-refractivity contribution < 1.29 is 8.78 Å². The second-order valence-corrected chi connectivity index (χ2v) is 4.71. The summed E-state index contributed by atoms with van der Waals surface area (Å²) in [7, 11) is 0. The maximum atomic E-state index is 13.8. The minimum atomic E-state index is -0.794. The number of aromatic nitrogens is 2. The monoisotopic (exact) mass is 286 g/mol. The minimum absolute atomic E-state index is 0.00770. The standard InChI is InChI=1S/C16H12F2N2O/c1-10-15(11-5-3-2-4-6-11)19-20(16(10)21)14-8-7-12(17)9-13(14)18/h2-9,19H,1H3. The Hall–Kier alpha value is -2.69. The van der Waals surface area contributed by atoms with Gasteiger partial charge in [-0.15, -0.1) is 0 Å². The molecule has 0 aliphatic heterocycles. The van der Waals surface area contributed by atoms with Gasteiger partial charge in [-0.05, 0) is 24.6 Å². The fraction of sp³-hybridized carbons (Fsp3) is 0.0625. The highest BCUT2D eigenvalue weighted by Gasteiger charge is 2.15. The Bertz CT molecular complexity index is 850. The van der Waals surface area contributed by atoms with Crippen molar-refractivity contribution in [3.05, 3.63) is 76.1 Å². The van der Waals surface area contributed by atoms with Crippen LogP contribution < -0.4 is 5.56 Å². The lowest BCUT2D eigenvalue weighted by Crippen LogP contribution is -2.17. The summed E-state index contributed by atoms with van der Waals surface area (Å²) in [6, 6.07) is 12.4. The number of hydrogen-bond donors (Lipinski definition) is 1. The van der Waals surface area contributed by atoms with Crippen LogP contribution >= 0.6 is 0 Å². The molecule has 1 aromatic heterocycles. The SMILES string of the molecule is Cc1c(-c2ccccc2)[nH]n(-c2ccc(F)cc2F)c1=O. The lowest BCUT2D eigenvalue weighted by molar-refractivity contribution is 0.572. The average Bonchev–Trinajstić information content (AvgIpc) is 2.77. The molecule has 3 nitrogen and oxygen atoms in total. The first-order valence-corrected chi connectivity index (χ1v) is 6.40. The average molecular weight is 286 g/mol. The Labute approximate surface area is 119 Å². The second-order valence-electron chi connectivity index (χ2n) is 4.71. The summed E-state index contributed by atoms with van der Waals surface area (Å²) in [5, 5.41) is 2.88.